The molecule has 2 aliphatic rings. The van der Waals surface area contributed by atoms with E-state index in [2.05, 4.69) is 0 Å². The zero-order chi connectivity index (χ0) is 12.0. The summed E-state index contributed by atoms with van der Waals surface area (Å²) in [4.78, 5) is 13.7. The standard InChI is InChI=1S/C12H21NO3/c1-11(2,3)16-10(14)13-8-7-12(5-6-12)9(13)15-4/h9H,5-8H2,1-4H3. The number of hydrogen-bond acceptors (Lipinski definition) is 3. The third-order valence-corrected chi connectivity index (χ3v) is 3.40. The maximum Gasteiger partial charge on any atom is 0.412 e. The first-order valence-corrected chi connectivity index (χ1v) is 5.90. The topological polar surface area (TPSA) is 38.8 Å². The Morgan fingerprint density at radius 3 is 2.38 bits per heavy atom. The molecule has 2 rings (SSSR count). The number of carbonyl (C=O) groups excluding carboxylic acids is 1. The number of ether oxygens (including phenoxy) is 2. The predicted octanol–water partition coefficient (Wildman–Crippen LogP) is 2.38. The van der Waals surface area contributed by atoms with Crippen LogP contribution in [-0.4, -0.2) is 36.5 Å². The molecule has 1 spiro atoms. The van der Waals surface area contributed by atoms with Gasteiger partial charge in [-0.15, -0.1) is 0 Å². The van der Waals surface area contributed by atoms with Gasteiger partial charge in [0.2, 0.25) is 0 Å². The molecule has 4 nitrogen and oxygen atoms in total. The van der Waals surface area contributed by atoms with Gasteiger partial charge in [-0.1, -0.05) is 0 Å². The second-order valence-corrected chi connectivity index (χ2v) is 5.87. The summed E-state index contributed by atoms with van der Waals surface area (Å²) in [5.41, 5.74) is -0.194. The van der Waals surface area contributed by atoms with Crippen molar-refractivity contribution in [2.75, 3.05) is 13.7 Å². The second kappa shape index (κ2) is 3.62. The van der Waals surface area contributed by atoms with Crippen molar-refractivity contribution in [3.63, 3.8) is 0 Å². The van der Waals surface area contributed by atoms with E-state index in [0.717, 1.165) is 13.0 Å². The lowest BCUT2D eigenvalue weighted by atomic mass is 10.1. The molecule has 0 aromatic rings. The largest absolute Gasteiger partial charge is 0.444 e. The van der Waals surface area contributed by atoms with Gasteiger partial charge < -0.3 is 9.47 Å². The number of rotatable bonds is 1. The minimum atomic E-state index is -0.436. The monoisotopic (exact) mass is 227 g/mol. The average Bonchev–Trinajstić information content (AvgIpc) is 2.77. The molecule has 1 heterocycles. The fourth-order valence-electron chi connectivity index (χ4n) is 2.46. The number of amides is 1. The van der Waals surface area contributed by atoms with Crippen LogP contribution in [0.15, 0.2) is 0 Å². The fraction of sp³-hybridized carbons (Fsp3) is 0.917. The third kappa shape index (κ3) is 2.03. The molecular formula is C12H21NO3. The van der Waals surface area contributed by atoms with Crippen molar-refractivity contribution in [2.45, 2.75) is 51.9 Å². The van der Waals surface area contributed by atoms with Gasteiger partial charge in [0.1, 0.15) is 11.8 Å². The number of methoxy groups -OCH3 is 1. The van der Waals surface area contributed by atoms with E-state index in [0.29, 0.717) is 0 Å². The van der Waals surface area contributed by atoms with Crippen molar-refractivity contribution in [2.24, 2.45) is 5.41 Å². The molecule has 1 saturated carbocycles. The highest BCUT2D eigenvalue weighted by atomic mass is 16.6. The number of likely N-dealkylation sites (tertiary alicyclic amines) is 1. The van der Waals surface area contributed by atoms with Gasteiger partial charge in [-0.05, 0) is 40.0 Å². The molecule has 0 aromatic heterocycles. The van der Waals surface area contributed by atoms with E-state index >= 15 is 0 Å². The highest BCUT2D eigenvalue weighted by Gasteiger charge is 2.57. The van der Waals surface area contributed by atoms with Gasteiger partial charge in [0.15, 0.2) is 0 Å². The van der Waals surface area contributed by atoms with Crippen LogP contribution >= 0.6 is 0 Å². The average molecular weight is 227 g/mol. The lowest BCUT2D eigenvalue weighted by molar-refractivity contribution is -0.0518. The molecule has 4 heteroatoms. The van der Waals surface area contributed by atoms with E-state index in [1.165, 1.54) is 12.8 Å². The van der Waals surface area contributed by atoms with Crippen molar-refractivity contribution in [1.82, 2.24) is 4.90 Å². The molecule has 0 N–H and O–H groups in total. The van der Waals surface area contributed by atoms with Crippen LogP contribution in [0.3, 0.4) is 0 Å². The normalized spacial score (nSPS) is 27.2. The van der Waals surface area contributed by atoms with Crippen LogP contribution < -0.4 is 0 Å². The minimum absolute atomic E-state index is 0.0812. The SMILES string of the molecule is COC1N(C(=O)OC(C)(C)C)CCC12CC2. The summed E-state index contributed by atoms with van der Waals surface area (Å²) in [6.45, 7) is 6.41. The van der Waals surface area contributed by atoms with E-state index < -0.39 is 5.60 Å². The molecule has 1 aliphatic carbocycles. The van der Waals surface area contributed by atoms with Crippen LogP contribution in [0.4, 0.5) is 4.79 Å². The van der Waals surface area contributed by atoms with Crippen LogP contribution in [0.25, 0.3) is 0 Å². The van der Waals surface area contributed by atoms with Gasteiger partial charge in [-0.2, -0.15) is 0 Å². The molecular weight excluding hydrogens is 206 g/mol. The van der Waals surface area contributed by atoms with Gasteiger partial charge in [0, 0.05) is 19.1 Å². The first kappa shape index (κ1) is 11.7. The number of carbonyl (C=O) groups is 1. The fourth-order valence-corrected chi connectivity index (χ4v) is 2.46. The lowest BCUT2D eigenvalue weighted by Crippen LogP contribution is -2.42. The molecule has 16 heavy (non-hydrogen) atoms. The summed E-state index contributed by atoms with van der Waals surface area (Å²) in [6, 6.07) is 0. The smallest absolute Gasteiger partial charge is 0.412 e. The van der Waals surface area contributed by atoms with E-state index in [4.69, 9.17) is 9.47 Å². The van der Waals surface area contributed by atoms with Crippen molar-refractivity contribution >= 4 is 6.09 Å². The van der Waals surface area contributed by atoms with Crippen molar-refractivity contribution in [1.29, 1.82) is 0 Å². The molecule has 1 saturated heterocycles. The Kier molecular flexibility index (Phi) is 2.65. The lowest BCUT2D eigenvalue weighted by Gasteiger charge is -2.29. The van der Waals surface area contributed by atoms with Crippen LogP contribution in [-0.2, 0) is 9.47 Å². The molecule has 0 aromatic carbocycles. The highest BCUT2D eigenvalue weighted by molar-refractivity contribution is 5.69. The maximum absolute atomic E-state index is 12.0. The first-order valence-electron chi connectivity index (χ1n) is 5.90. The van der Waals surface area contributed by atoms with Gasteiger partial charge in [0.25, 0.3) is 0 Å². The van der Waals surface area contributed by atoms with E-state index in [9.17, 15) is 4.79 Å². The van der Waals surface area contributed by atoms with Gasteiger partial charge >= 0.3 is 6.09 Å². The Balaban J connectivity index is 2.02. The molecule has 0 radical (unpaired) electrons. The Hall–Kier alpha value is -0.770. The van der Waals surface area contributed by atoms with Crippen LogP contribution in [0.2, 0.25) is 0 Å². The highest BCUT2D eigenvalue weighted by Crippen LogP contribution is 2.57. The Morgan fingerprint density at radius 1 is 1.31 bits per heavy atom. The van der Waals surface area contributed by atoms with Crippen molar-refractivity contribution in [3.8, 4) is 0 Å². The Morgan fingerprint density at radius 2 is 1.94 bits per heavy atom. The molecule has 1 aliphatic heterocycles. The first-order chi connectivity index (χ1) is 7.38. The molecule has 92 valence electrons. The van der Waals surface area contributed by atoms with E-state index in [-0.39, 0.29) is 17.7 Å². The Bertz CT molecular complexity index is 291. The van der Waals surface area contributed by atoms with Gasteiger partial charge in [-0.25, -0.2) is 4.79 Å². The summed E-state index contributed by atoms with van der Waals surface area (Å²) in [6.07, 6.45) is 3.06. The molecule has 1 atom stereocenters. The predicted molar refractivity (Wildman–Crippen MR) is 60.0 cm³/mol. The summed E-state index contributed by atoms with van der Waals surface area (Å²) >= 11 is 0. The molecule has 2 fully saturated rings. The second-order valence-electron chi connectivity index (χ2n) is 5.87. The molecule has 0 bridgehead atoms. The van der Waals surface area contributed by atoms with Crippen molar-refractivity contribution < 1.29 is 14.3 Å². The van der Waals surface area contributed by atoms with E-state index in [1.54, 1.807) is 12.0 Å². The zero-order valence-electron chi connectivity index (χ0n) is 10.6. The summed E-state index contributed by atoms with van der Waals surface area (Å²) in [5, 5.41) is 0. The number of nitrogens with zero attached hydrogens (tertiary/aromatic N) is 1. The minimum Gasteiger partial charge on any atom is -0.444 e. The van der Waals surface area contributed by atoms with Gasteiger partial charge in [-0.3, -0.25) is 4.90 Å². The third-order valence-electron chi connectivity index (χ3n) is 3.40. The summed E-state index contributed by atoms with van der Waals surface area (Å²) in [5.74, 6) is 0. The van der Waals surface area contributed by atoms with Crippen LogP contribution in [0.5, 0.6) is 0 Å². The molecule has 1 unspecified atom stereocenters. The maximum atomic E-state index is 12.0. The van der Waals surface area contributed by atoms with Crippen molar-refractivity contribution in [3.05, 3.63) is 0 Å². The zero-order valence-corrected chi connectivity index (χ0v) is 10.6. The van der Waals surface area contributed by atoms with Gasteiger partial charge in [0.05, 0.1) is 0 Å². The van der Waals surface area contributed by atoms with E-state index in [1.807, 2.05) is 20.8 Å². The number of hydrogen-bond donors (Lipinski definition) is 0. The molecule has 1 amide bonds. The summed E-state index contributed by atoms with van der Waals surface area (Å²) in [7, 11) is 1.67. The van der Waals surface area contributed by atoms with Crippen LogP contribution in [0, 0.1) is 5.41 Å². The quantitative estimate of drug-likeness (QED) is 0.690. The van der Waals surface area contributed by atoms with Crippen LogP contribution in [0.1, 0.15) is 40.0 Å². The summed E-state index contributed by atoms with van der Waals surface area (Å²) < 4.78 is 10.8. The Labute approximate surface area is 96.9 Å².